The molecule has 32 heavy (non-hydrogen) atoms. The van der Waals surface area contributed by atoms with Gasteiger partial charge in [0.25, 0.3) is 5.91 Å². The normalized spacial score (nSPS) is 16.1. The Bertz CT molecular complexity index is 1190. The van der Waals surface area contributed by atoms with Gasteiger partial charge in [0.15, 0.2) is 5.82 Å². The summed E-state index contributed by atoms with van der Waals surface area (Å²) in [6.45, 7) is 9.87. The maximum atomic E-state index is 12.9. The van der Waals surface area contributed by atoms with Crippen LogP contribution in [0.3, 0.4) is 0 Å². The quantitative estimate of drug-likeness (QED) is 0.640. The summed E-state index contributed by atoms with van der Waals surface area (Å²) in [6.07, 6.45) is 4.34. The van der Waals surface area contributed by atoms with Crippen molar-refractivity contribution in [3.63, 3.8) is 0 Å². The number of pyridine rings is 1. The lowest BCUT2D eigenvalue weighted by molar-refractivity contribution is 0.102. The lowest BCUT2D eigenvalue weighted by Crippen LogP contribution is -2.20. The molecule has 1 N–H and O–H groups in total. The van der Waals surface area contributed by atoms with E-state index in [1.165, 1.54) is 5.56 Å². The maximum absolute atomic E-state index is 12.9. The Balaban J connectivity index is 1.50. The molecule has 0 aliphatic carbocycles. The van der Waals surface area contributed by atoms with Crippen LogP contribution in [0.1, 0.15) is 65.9 Å². The van der Waals surface area contributed by atoms with Crippen LogP contribution in [-0.2, 0) is 5.41 Å². The fourth-order valence-corrected chi connectivity index (χ4v) is 4.01. The van der Waals surface area contributed by atoms with E-state index in [4.69, 9.17) is 9.78 Å². The first-order valence-electron chi connectivity index (χ1n) is 10.7. The van der Waals surface area contributed by atoms with Crippen LogP contribution in [-0.4, -0.2) is 29.1 Å². The minimum atomic E-state index is -0.208. The Kier molecular flexibility index (Phi) is 5.70. The molecule has 1 aliphatic rings. The number of aryl methyl sites for hydroxylation is 1. The van der Waals surface area contributed by atoms with Gasteiger partial charge in [-0.1, -0.05) is 32.0 Å². The third-order valence-corrected chi connectivity index (χ3v) is 5.88. The third kappa shape index (κ3) is 4.50. The van der Waals surface area contributed by atoms with E-state index in [1.54, 1.807) is 18.5 Å². The summed E-state index contributed by atoms with van der Waals surface area (Å²) >= 11 is 0. The van der Waals surface area contributed by atoms with Crippen LogP contribution in [0.4, 0.5) is 11.5 Å². The molecule has 7 heteroatoms. The predicted octanol–water partition coefficient (Wildman–Crippen LogP) is 4.79. The van der Waals surface area contributed by atoms with Crippen molar-refractivity contribution in [1.29, 1.82) is 5.26 Å². The number of nitriles is 1. The van der Waals surface area contributed by atoms with Gasteiger partial charge in [-0.15, -0.1) is 0 Å². The van der Waals surface area contributed by atoms with Crippen molar-refractivity contribution in [2.45, 2.75) is 45.4 Å². The highest BCUT2D eigenvalue weighted by molar-refractivity contribution is 6.04. The van der Waals surface area contributed by atoms with E-state index in [0.29, 0.717) is 22.9 Å². The van der Waals surface area contributed by atoms with Crippen LogP contribution in [0.15, 0.2) is 47.2 Å². The zero-order valence-corrected chi connectivity index (χ0v) is 18.8. The van der Waals surface area contributed by atoms with Crippen molar-refractivity contribution in [2.24, 2.45) is 0 Å². The second-order valence-electron chi connectivity index (χ2n) is 9.33. The molecule has 1 atom stereocenters. The molecule has 3 aromatic rings. The first-order chi connectivity index (χ1) is 15.2. The molecule has 1 aliphatic heterocycles. The summed E-state index contributed by atoms with van der Waals surface area (Å²) in [5.41, 5.74) is 4.26. The average molecular weight is 430 g/mol. The number of nitrogens with zero attached hydrogens (tertiary/aromatic N) is 4. The third-order valence-electron chi connectivity index (χ3n) is 5.88. The summed E-state index contributed by atoms with van der Waals surface area (Å²) in [5, 5.41) is 16.0. The smallest absolute Gasteiger partial charge is 0.256 e. The van der Waals surface area contributed by atoms with Crippen molar-refractivity contribution in [1.82, 2.24) is 10.1 Å². The number of hydrogen-bond acceptors (Lipinski definition) is 6. The standard InChI is InChI=1S/C25H27N5O2/c1-16-5-6-18(24(31)28-23-11-22(32-29-23)25(2,3)4)10-21(16)19-7-8-30(15-19)20-9-17(12-26)13-27-14-20/h5-6,9-11,13-14,19H,7-8,15H2,1-4H3,(H,28,29,31)/t19-/m1/s1. The molecular weight excluding hydrogens is 402 g/mol. The molecule has 0 saturated carbocycles. The number of nitrogens with one attached hydrogen (secondary N) is 1. The Morgan fingerprint density at radius 1 is 1.25 bits per heavy atom. The number of aromatic nitrogens is 2. The Morgan fingerprint density at radius 2 is 2.06 bits per heavy atom. The van der Waals surface area contributed by atoms with Crippen molar-refractivity contribution in [3.8, 4) is 6.07 Å². The lowest BCUT2D eigenvalue weighted by Gasteiger charge is -2.19. The molecule has 0 unspecified atom stereocenters. The fraction of sp³-hybridized carbons (Fsp3) is 0.360. The van der Waals surface area contributed by atoms with E-state index in [9.17, 15) is 4.79 Å². The minimum absolute atomic E-state index is 0.177. The first kappa shape index (κ1) is 21.6. The Hall–Kier alpha value is -3.66. The molecule has 3 heterocycles. The second-order valence-corrected chi connectivity index (χ2v) is 9.33. The number of rotatable bonds is 4. The van der Waals surface area contributed by atoms with Gasteiger partial charge in [0.2, 0.25) is 0 Å². The number of carbonyl (C=O) groups excluding carboxylic acids is 1. The maximum Gasteiger partial charge on any atom is 0.256 e. The average Bonchev–Trinajstić information content (AvgIpc) is 3.44. The Labute approximate surface area is 188 Å². The number of amides is 1. The van der Waals surface area contributed by atoms with Crippen molar-refractivity contribution in [3.05, 3.63) is 70.7 Å². The highest BCUT2D eigenvalue weighted by Crippen LogP contribution is 2.33. The van der Waals surface area contributed by atoms with Gasteiger partial charge < -0.3 is 14.7 Å². The van der Waals surface area contributed by atoms with Gasteiger partial charge in [-0.2, -0.15) is 5.26 Å². The van der Waals surface area contributed by atoms with Crippen LogP contribution in [0.2, 0.25) is 0 Å². The van der Waals surface area contributed by atoms with Gasteiger partial charge in [0.1, 0.15) is 11.8 Å². The van der Waals surface area contributed by atoms with Crippen LogP contribution in [0.5, 0.6) is 0 Å². The van der Waals surface area contributed by atoms with Gasteiger partial charge in [0, 0.05) is 42.2 Å². The molecule has 1 aromatic carbocycles. The van der Waals surface area contributed by atoms with E-state index >= 15 is 0 Å². The molecule has 2 aromatic heterocycles. The zero-order chi connectivity index (χ0) is 22.9. The summed E-state index contributed by atoms with van der Waals surface area (Å²) in [6, 6.07) is 11.6. The van der Waals surface area contributed by atoms with Gasteiger partial charge in [-0.3, -0.25) is 9.78 Å². The molecular formula is C25H27N5O2. The summed E-state index contributed by atoms with van der Waals surface area (Å²) < 4.78 is 5.36. The fourth-order valence-electron chi connectivity index (χ4n) is 4.01. The van der Waals surface area contributed by atoms with Crippen molar-refractivity contribution in [2.75, 3.05) is 23.3 Å². The van der Waals surface area contributed by atoms with Gasteiger partial charge in [-0.05, 0) is 42.7 Å². The highest BCUT2D eigenvalue weighted by atomic mass is 16.5. The first-order valence-corrected chi connectivity index (χ1v) is 10.7. The molecule has 4 rings (SSSR count). The largest absolute Gasteiger partial charge is 0.370 e. The van der Waals surface area contributed by atoms with E-state index in [2.05, 4.69) is 33.4 Å². The molecule has 0 radical (unpaired) electrons. The minimum Gasteiger partial charge on any atom is -0.370 e. The van der Waals surface area contributed by atoms with Crippen molar-refractivity contribution < 1.29 is 9.32 Å². The highest BCUT2D eigenvalue weighted by Gasteiger charge is 2.27. The van der Waals surface area contributed by atoms with E-state index in [-0.39, 0.29) is 11.3 Å². The van der Waals surface area contributed by atoms with E-state index in [1.807, 2.05) is 45.0 Å². The number of hydrogen-bond donors (Lipinski definition) is 1. The summed E-state index contributed by atoms with van der Waals surface area (Å²) in [4.78, 5) is 19.3. The number of carbonyl (C=O) groups is 1. The monoisotopic (exact) mass is 429 g/mol. The second kappa shape index (κ2) is 8.46. The molecule has 0 bridgehead atoms. The van der Waals surface area contributed by atoms with Crippen molar-refractivity contribution >= 4 is 17.4 Å². The van der Waals surface area contributed by atoms with Crippen LogP contribution in [0.25, 0.3) is 0 Å². The van der Waals surface area contributed by atoms with Crippen LogP contribution >= 0.6 is 0 Å². The van der Waals surface area contributed by atoms with Crippen LogP contribution < -0.4 is 10.2 Å². The van der Waals surface area contributed by atoms with Gasteiger partial charge in [0.05, 0.1) is 17.4 Å². The van der Waals surface area contributed by atoms with E-state index < -0.39 is 0 Å². The summed E-state index contributed by atoms with van der Waals surface area (Å²) in [7, 11) is 0. The molecule has 7 nitrogen and oxygen atoms in total. The van der Waals surface area contributed by atoms with Gasteiger partial charge in [-0.25, -0.2) is 0 Å². The molecule has 0 spiro atoms. The number of anilines is 2. The molecule has 1 fully saturated rings. The predicted molar refractivity (Wildman–Crippen MR) is 123 cm³/mol. The molecule has 1 saturated heterocycles. The molecule has 164 valence electrons. The topological polar surface area (TPSA) is 95.1 Å². The zero-order valence-electron chi connectivity index (χ0n) is 18.8. The number of benzene rings is 1. The van der Waals surface area contributed by atoms with Gasteiger partial charge >= 0.3 is 0 Å². The SMILES string of the molecule is Cc1ccc(C(=O)Nc2cc(C(C)(C)C)on2)cc1[C@@H]1CCN(c2cncc(C#N)c2)C1. The lowest BCUT2D eigenvalue weighted by atomic mass is 9.92. The summed E-state index contributed by atoms with van der Waals surface area (Å²) in [5.74, 6) is 1.23. The Morgan fingerprint density at radius 3 is 2.78 bits per heavy atom. The van der Waals surface area contributed by atoms with E-state index in [0.717, 1.165) is 36.5 Å². The molecule has 1 amide bonds. The van der Waals surface area contributed by atoms with Crippen LogP contribution in [0, 0.1) is 18.3 Å².